The van der Waals surface area contributed by atoms with E-state index < -0.39 is 0 Å². The number of amidine groups is 1. The van der Waals surface area contributed by atoms with Gasteiger partial charge in [-0.25, -0.2) is 4.99 Å². The predicted molar refractivity (Wildman–Crippen MR) is 100 cm³/mol. The highest BCUT2D eigenvalue weighted by Gasteiger charge is 2.32. The van der Waals surface area contributed by atoms with Crippen molar-refractivity contribution in [1.82, 2.24) is 9.88 Å². The van der Waals surface area contributed by atoms with Crippen LogP contribution in [0.5, 0.6) is 0 Å². The minimum Gasteiger partial charge on any atom is -0.287 e. The molecule has 1 fully saturated rings. The molecule has 0 radical (unpaired) electrons. The van der Waals surface area contributed by atoms with Crippen molar-refractivity contribution in [1.29, 1.82) is 0 Å². The summed E-state index contributed by atoms with van der Waals surface area (Å²) in [5.74, 6) is -0.0343. The number of carbonyl (C=O) groups excluding carboxylic acids is 1. The minimum absolute atomic E-state index is 0.0343. The SMILES string of the molecule is CCN1C(=O)/C(=C/c2cccc(C)c2)SC1=Nc1ccncc1Cl. The van der Waals surface area contributed by atoms with E-state index in [0.717, 1.165) is 11.1 Å². The summed E-state index contributed by atoms with van der Waals surface area (Å²) >= 11 is 7.48. The van der Waals surface area contributed by atoms with Gasteiger partial charge < -0.3 is 0 Å². The number of aryl methyl sites for hydroxylation is 1. The number of amides is 1. The molecule has 6 heteroatoms. The molecule has 0 unspecified atom stereocenters. The van der Waals surface area contributed by atoms with Gasteiger partial charge in [0, 0.05) is 18.9 Å². The zero-order valence-electron chi connectivity index (χ0n) is 13.4. The summed E-state index contributed by atoms with van der Waals surface area (Å²) in [5.41, 5.74) is 2.77. The third-order valence-electron chi connectivity index (χ3n) is 3.51. The second-order valence-electron chi connectivity index (χ2n) is 5.30. The maximum absolute atomic E-state index is 12.6. The number of halogens is 1. The number of aliphatic imine (C=N–C) groups is 1. The normalized spacial score (nSPS) is 18.0. The van der Waals surface area contributed by atoms with Crippen LogP contribution in [-0.4, -0.2) is 27.5 Å². The number of hydrogen-bond acceptors (Lipinski definition) is 4. The number of likely N-dealkylation sites (N-methyl/N-ethyl adjacent to an activating group) is 1. The molecule has 3 rings (SSSR count). The van der Waals surface area contributed by atoms with Crippen molar-refractivity contribution < 1.29 is 4.79 Å². The summed E-state index contributed by atoms with van der Waals surface area (Å²) < 4.78 is 0. The average Bonchev–Trinajstić information content (AvgIpc) is 2.85. The number of rotatable bonds is 3. The lowest BCUT2D eigenvalue weighted by Crippen LogP contribution is -2.28. The summed E-state index contributed by atoms with van der Waals surface area (Å²) in [6.07, 6.45) is 5.08. The van der Waals surface area contributed by atoms with E-state index in [1.54, 1.807) is 23.4 Å². The van der Waals surface area contributed by atoms with Crippen LogP contribution in [0.3, 0.4) is 0 Å². The van der Waals surface area contributed by atoms with E-state index in [0.29, 0.717) is 27.3 Å². The quantitative estimate of drug-likeness (QED) is 0.750. The van der Waals surface area contributed by atoms with Crippen molar-refractivity contribution in [2.75, 3.05) is 6.54 Å². The van der Waals surface area contributed by atoms with Crippen LogP contribution in [0.4, 0.5) is 5.69 Å². The summed E-state index contributed by atoms with van der Waals surface area (Å²) in [4.78, 5) is 23.4. The van der Waals surface area contributed by atoms with Gasteiger partial charge in [0.2, 0.25) is 0 Å². The molecule has 1 aliphatic heterocycles. The van der Waals surface area contributed by atoms with Crippen LogP contribution in [0, 0.1) is 6.92 Å². The molecule has 0 atom stereocenters. The Morgan fingerprint density at radius 3 is 2.92 bits per heavy atom. The number of carbonyl (C=O) groups is 1. The van der Waals surface area contributed by atoms with Crippen LogP contribution in [0.2, 0.25) is 5.02 Å². The van der Waals surface area contributed by atoms with Gasteiger partial charge in [-0.05, 0) is 43.3 Å². The molecular formula is C18H16ClN3OS. The zero-order valence-corrected chi connectivity index (χ0v) is 14.9. The maximum atomic E-state index is 12.6. The highest BCUT2D eigenvalue weighted by atomic mass is 35.5. The minimum atomic E-state index is -0.0343. The number of pyridine rings is 1. The Morgan fingerprint density at radius 1 is 1.38 bits per heavy atom. The summed E-state index contributed by atoms with van der Waals surface area (Å²) in [6, 6.07) is 9.78. The monoisotopic (exact) mass is 357 g/mol. The largest absolute Gasteiger partial charge is 0.287 e. The number of hydrogen-bond donors (Lipinski definition) is 0. The van der Waals surface area contributed by atoms with Crippen molar-refractivity contribution in [2.45, 2.75) is 13.8 Å². The van der Waals surface area contributed by atoms with Crippen molar-refractivity contribution >= 4 is 46.2 Å². The van der Waals surface area contributed by atoms with Gasteiger partial charge in [0.1, 0.15) is 0 Å². The molecule has 0 aliphatic carbocycles. The van der Waals surface area contributed by atoms with Crippen molar-refractivity contribution in [3.05, 3.63) is 63.8 Å². The van der Waals surface area contributed by atoms with Crippen LogP contribution in [0.1, 0.15) is 18.1 Å². The smallest absolute Gasteiger partial charge is 0.266 e. The molecule has 1 amide bonds. The van der Waals surface area contributed by atoms with Gasteiger partial charge in [0.25, 0.3) is 5.91 Å². The predicted octanol–water partition coefficient (Wildman–Crippen LogP) is 4.67. The van der Waals surface area contributed by atoms with Crippen molar-refractivity contribution in [3.8, 4) is 0 Å². The lowest BCUT2D eigenvalue weighted by molar-refractivity contribution is -0.122. The fourth-order valence-electron chi connectivity index (χ4n) is 2.34. The highest BCUT2D eigenvalue weighted by molar-refractivity contribution is 8.18. The van der Waals surface area contributed by atoms with Gasteiger partial charge >= 0.3 is 0 Å². The Morgan fingerprint density at radius 2 is 2.21 bits per heavy atom. The first-order valence-corrected chi connectivity index (χ1v) is 8.74. The first kappa shape index (κ1) is 16.7. The van der Waals surface area contributed by atoms with Gasteiger partial charge in [-0.3, -0.25) is 14.7 Å². The van der Waals surface area contributed by atoms with E-state index in [4.69, 9.17) is 11.6 Å². The Hall–Kier alpha value is -2.11. The maximum Gasteiger partial charge on any atom is 0.266 e. The molecule has 1 aliphatic rings. The molecule has 122 valence electrons. The van der Waals surface area contributed by atoms with Crippen LogP contribution in [-0.2, 0) is 4.79 Å². The Kier molecular flexibility index (Phi) is 5.02. The molecule has 4 nitrogen and oxygen atoms in total. The molecule has 1 aromatic carbocycles. The van der Waals surface area contributed by atoms with E-state index in [1.165, 1.54) is 11.8 Å². The summed E-state index contributed by atoms with van der Waals surface area (Å²) in [7, 11) is 0. The lowest BCUT2D eigenvalue weighted by atomic mass is 10.1. The van der Waals surface area contributed by atoms with Crippen molar-refractivity contribution in [3.63, 3.8) is 0 Å². The Balaban J connectivity index is 1.96. The third kappa shape index (κ3) is 3.52. The van der Waals surface area contributed by atoms with Gasteiger partial charge in [0.05, 0.1) is 15.6 Å². The van der Waals surface area contributed by atoms with Crippen LogP contribution in [0.25, 0.3) is 6.08 Å². The van der Waals surface area contributed by atoms with Gasteiger partial charge in [0.15, 0.2) is 5.17 Å². The molecular weight excluding hydrogens is 342 g/mol. The van der Waals surface area contributed by atoms with Gasteiger partial charge in [-0.2, -0.15) is 0 Å². The van der Waals surface area contributed by atoms with Gasteiger partial charge in [-0.15, -0.1) is 0 Å². The summed E-state index contributed by atoms with van der Waals surface area (Å²) in [5, 5.41) is 1.10. The van der Waals surface area contributed by atoms with E-state index in [2.05, 4.69) is 9.98 Å². The second kappa shape index (κ2) is 7.20. The molecule has 2 aromatic rings. The number of nitrogens with zero attached hydrogens (tertiary/aromatic N) is 3. The molecule has 0 spiro atoms. The van der Waals surface area contributed by atoms with E-state index >= 15 is 0 Å². The van der Waals surface area contributed by atoms with Crippen LogP contribution in [0.15, 0.2) is 52.6 Å². The van der Waals surface area contributed by atoms with E-state index in [9.17, 15) is 4.79 Å². The zero-order chi connectivity index (χ0) is 17.1. The number of thioether (sulfide) groups is 1. The van der Waals surface area contributed by atoms with Crippen molar-refractivity contribution in [2.24, 2.45) is 4.99 Å². The average molecular weight is 358 g/mol. The molecule has 1 saturated heterocycles. The first-order valence-electron chi connectivity index (χ1n) is 7.54. The highest BCUT2D eigenvalue weighted by Crippen LogP contribution is 2.35. The summed E-state index contributed by atoms with van der Waals surface area (Å²) in [6.45, 7) is 4.51. The Labute approximate surface area is 150 Å². The molecule has 1 aromatic heterocycles. The van der Waals surface area contributed by atoms with E-state index in [-0.39, 0.29) is 5.91 Å². The molecule has 0 saturated carbocycles. The number of aromatic nitrogens is 1. The van der Waals surface area contributed by atoms with E-state index in [1.807, 2.05) is 44.2 Å². The fourth-order valence-corrected chi connectivity index (χ4v) is 3.56. The first-order chi connectivity index (χ1) is 11.6. The number of benzene rings is 1. The standard InChI is InChI=1S/C18H16ClN3OS/c1-3-22-17(23)16(10-13-6-4-5-12(2)9-13)24-18(22)21-15-7-8-20-11-14(15)19/h4-11H,3H2,1-2H3/b16-10-,21-18?. The fraction of sp³-hybridized carbons (Fsp3) is 0.167. The van der Waals surface area contributed by atoms with Crippen LogP contribution < -0.4 is 0 Å². The van der Waals surface area contributed by atoms with Gasteiger partial charge in [-0.1, -0.05) is 41.4 Å². The molecule has 24 heavy (non-hydrogen) atoms. The van der Waals surface area contributed by atoms with Crippen LogP contribution >= 0.6 is 23.4 Å². The molecule has 0 bridgehead atoms. The second-order valence-corrected chi connectivity index (χ2v) is 6.71. The third-order valence-corrected chi connectivity index (χ3v) is 4.81. The lowest BCUT2D eigenvalue weighted by Gasteiger charge is -2.12. The topological polar surface area (TPSA) is 45.6 Å². The molecule has 0 N–H and O–H groups in total. The molecule has 2 heterocycles. The Bertz CT molecular complexity index is 848.